The summed E-state index contributed by atoms with van der Waals surface area (Å²) in [4.78, 5) is 8.69. The summed E-state index contributed by atoms with van der Waals surface area (Å²) in [5.74, 6) is -0.490. The molecule has 0 aromatic heterocycles. The summed E-state index contributed by atoms with van der Waals surface area (Å²) in [6, 6.07) is 2.69. The van der Waals surface area contributed by atoms with Crippen molar-refractivity contribution in [1.82, 2.24) is 20.4 Å². The molecule has 1 aromatic rings. The number of halogens is 5. The molecule has 10 heteroatoms. The van der Waals surface area contributed by atoms with Crippen molar-refractivity contribution in [3.63, 3.8) is 0 Å². The van der Waals surface area contributed by atoms with Crippen molar-refractivity contribution in [2.75, 3.05) is 53.4 Å². The molecule has 0 bridgehead atoms. The largest absolute Gasteiger partial charge is 0.416 e. The number of aliphatic imine (C=N–C) groups is 1. The summed E-state index contributed by atoms with van der Waals surface area (Å²) in [6.07, 6.45) is -3.48. The minimum atomic E-state index is -4.60. The van der Waals surface area contributed by atoms with Gasteiger partial charge in [-0.2, -0.15) is 13.2 Å². The lowest BCUT2D eigenvalue weighted by molar-refractivity contribution is -0.138. The van der Waals surface area contributed by atoms with Gasteiger partial charge in [0.05, 0.1) is 5.56 Å². The fraction of sp³-hybridized carbons (Fsp3) is 0.611. The van der Waals surface area contributed by atoms with Gasteiger partial charge in [0.25, 0.3) is 0 Å². The van der Waals surface area contributed by atoms with Gasteiger partial charge in [0, 0.05) is 39.8 Å². The molecule has 160 valence electrons. The Bertz CT molecular complexity index is 639. The van der Waals surface area contributed by atoms with Gasteiger partial charge in [-0.25, -0.2) is 4.39 Å². The highest BCUT2D eigenvalue weighted by molar-refractivity contribution is 14.0. The second-order valence-electron chi connectivity index (χ2n) is 6.65. The maximum absolute atomic E-state index is 13.2. The van der Waals surface area contributed by atoms with Crippen LogP contribution in [0.25, 0.3) is 0 Å². The van der Waals surface area contributed by atoms with Crippen LogP contribution in [0.3, 0.4) is 0 Å². The molecule has 1 aliphatic heterocycles. The van der Waals surface area contributed by atoms with E-state index in [0.29, 0.717) is 18.6 Å². The van der Waals surface area contributed by atoms with Gasteiger partial charge in [0.1, 0.15) is 5.82 Å². The van der Waals surface area contributed by atoms with Crippen LogP contribution >= 0.6 is 24.0 Å². The summed E-state index contributed by atoms with van der Waals surface area (Å²) < 4.78 is 52.3. The first-order valence-corrected chi connectivity index (χ1v) is 9.00. The lowest BCUT2D eigenvalue weighted by Crippen LogP contribution is -2.42. The van der Waals surface area contributed by atoms with E-state index in [0.717, 1.165) is 51.3 Å². The highest BCUT2D eigenvalue weighted by Crippen LogP contribution is 2.32. The van der Waals surface area contributed by atoms with Crippen LogP contribution in [0, 0.1) is 5.82 Å². The van der Waals surface area contributed by atoms with Gasteiger partial charge in [-0.05, 0) is 44.3 Å². The molecule has 2 rings (SSSR count). The maximum Gasteiger partial charge on any atom is 0.416 e. The van der Waals surface area contributed by atoms with Crippen molar-refractivity contribution in [2.45, 2.75) is 19.1 Å². The molecule has 1 aromatic carbocycles. The average molecular weight is 517 g/mol. The number of nitrogens with one attached hydrogen (secondary N) is 2. The molecular formula is C18H28F4IN5. The third kappa shape index (κ3) is 8.08. The molecule has 2 N–H and O–H groups in total. The first-order valence-electron chi connectivity index (χ1n) is 9.00. The number of nitrogens with zero attached hydrogens (tertiary/aromatic N) is 3. The predicted octanol–water partition coefficient (Wildman–Crippen LogP) is 2.77. The lowest BCUT2D eigenvalue weighted by atomic mass is 10.1. The van der Waals surface area contributed by atoms with E-state index in [2.05, 4.69) is 32.5 Å². The quantitative estimate of drug-likeness (QED) is 0.273. The molecule has 1 heterocycles. The second kappa shape index (κ2) is 11.8. The van der Waals surface area contributed by atoms with Crippen LogP contribution in [0.1, 0.15) is 17.5 Å². The molecule has 28 heavy (non-hydrogen) atoms. The molecule has 0 atom stereocenters. The van der Waals surface area contributed by atoms with Crippen LogP contribution in [0.15, 0.2) is 23.2 Å². The Labute approximate surface area is 180 Å². The van der Waals surface area contributed by atoms with Crippen LogP contribution in [-0.4, -0.2) is 69.1 Å². The Morgan fingerprint density at radius 2 is 1.89 bits per heavy atom. The van der Waals surface area contributed by atoms with E-state index in [1.807, 2.05) is 0 Å². The summed E-state index contributed by atoms with van der Waals surface area (Å²) in [7, 11) is 3.67. The molecule has 1 aliphatic rings. The summed E-state index contributed by atoms with van der Waals surface area (Å²) in [5.41, 5.74) is -0.999. The molecular weight excluding hydrogens is 489 g/mol. The maximum atomic E-state index is 13.2. The molecule has 0 spiro atoms. The first-order chi connectivity index (χ1) is 12.8. The van der Waals surface area contributed by atoms with Gasteiger partial charge in [0.2, 0.25) is 0 Å². The molecule has 5 nitrogen and oxygen atoms in total. The van der Waals surface area contributed by atoms with Crippen LogP contribution in [-0.2, 0) is 12.7 Å². The average Bonchev–Trinajstić information content (AvgIpc) is 2.82. The van der Waals surface area contributed by atoms with E-state index >= 15 is 0 Å². The van der Waals surface area contributed by atoms with Crippen LogP contribution in [0.4, 0.5) is 17.6 Å². The van der Waals surface area contributed by atoms with Crippen LogP contribution < -0.4 is 10.6 Å². The predicted molar refractivity (Wildman–Crippen MR) is 114 cm³/mol. The molecule has 0 aliphatic carbocycles. The molecule has 1 fully saturated rings. The molecule has 0 saturated carbocycles. The van der Waals surface area contributed by atoms with Crippen LogP contribution in [0.2, 0.25) is 0 Å². The van der Waals surface area contributed by atoms with Crippen molar-refractivity contribution in [2.24, 2.45) is 4.99 Å². The highest BCUT2D eigenvalue weighted by atomic mass is 127. The SMILES string of the molecule is CN=C(NCCN1CCCN(C)CC1)NCc1ccc(F)cc1C(F)(F)F.I. The van der Waals surface area contributed by atoms with E-state index in [-0.39, 0.29) is 36.1 Å². The fourth-order valence-corrected chi connectivity index (χ4v) is 3.02. The topological polar surface area (TPSA) is 42.9 Å². The van der Waals surface area contributed by atoms with Gasteiger partial charge >= 0.3 is 6.18 Å². The summed E-state index contributed by atoms with van der Waals surface area (Å²) >= 11 is 0. The van der Waals surface area contributed by atoms with Crippen molar-refractivity contribution in [3.8, 4) is 0 Å². The summed E-state index contributed by atoms with van der Waals surface area (Å²) in [5, 5.41) is 5.98. The van der Waals surface area contributed by atoms with Gasteiger partial charge in [0.15, 0.2) is 5.96 Å². The Kier molecular flexibility index (Phi) is 10.5. The second-order valence-corrected chi connectivity index (χ2v) is 6.65. The standard InChI is InChI=1S/C18H27F4N5.HI/c1-23-17(24-6-9-27-8-3-7-26(2)10-11-27)25-13-14-4-5-15(19)12-16(14)18(20,21)22;/h4-5,12H,3,6-11,13H2,1-2H3,(H2,23,24,25);1H. The molecule has 0 amide bonds. The number of alkyl halides is 3. The smallest absolute Gasteiger partial charge is 0.355 e. The summed E-state index contributed by atoms with van der Waals surface area (Å²) in [6.45, 7) is 5.52. The van der Waals surface area contributed by atoms with Gasteiger partial charge < -0.3 is 20.4 Å². The Hall–Kier alpha value is -1.14. The van der Waals surface area contributed by atoms with E-state index < -0.39 is 17.6 Å². The van der Waals surface area contributed by atoms with E-state index in [9.17, 15) is 17.6 Å². The highest BCUT2D eigenvalue weighted by Gasteiger charge is 2.33. The van der Waals surface area contributed by atoms with Crippen molar-refractivity contribution in [3.05, 3.63) is 35.1 Å². The minimum Gasteiger partial charge on any atom is -0.355 e. The zero-order chi connectivity index (χ0) is 19.9. The zero-order valence-corrected chi connectivity index (χ0v) is 18.5. The third-order valence-electron chi connectivity index (χ3n) is 4.58. The van der Waals surface area contributed by atoms with Gasteiger partial charge in [-0.15, -0.1) is 24.0 Å². The van der Waals surface area contributed by atoms with Crippen molar-refractivity contribution in [1.29, 1.82) is 0 Å². The number of rotatable bonds is 5. The first kappa shape index (κ1) is 24.9. The van der Waals surface area contributed by atoms with E-state index in [4.69, 9.17) is 0 Å². The number of guanidine groups is 1. The third-order valence-corrected chi connectivity index (χ3v) is 4.58. The number of benzene rings is 1. The Morgan fingerprint density at radius 3 is 2.57 bits per heavy atom. The van der Waals surface area contributed by atoms with Gasteiger partial charge in [-0.1, -0.05) is 6.07 Å². The number of hydrogen-bond donors (Lipinski definition) is 2. The normalized spacial score (nSPS) is 17.0. The number of likely N-dealkylation sites (N-methyl/N-ethyl adjacent to an activating group) is 1. The fourth-order valence-electron chi connectivity index (χ4n) is 3.02. The Morgan fingerprint density at radius 1 is 1.14 bits per heavy atom. The molecule has 1 saturated heterocycles. The number of hydrogen-bond acceptors (Lipinski definition) is 3. The molecule has 0 radical (unpaired) electrons. The monoisotopic (exact) mass is 517 g/mol. The van der Waals surface area contributed by atoms with E-state index in [1.165, 1.54) is 0 Å². The van der Waals surface area contributed by atoms with Gasteiger partial charge in [-0.3, -0.25) is 4.99 Å². The van der Waals surface area contributed by atoms with Crippen molar-refractivity contribution < 1.29 is 17.6 Å². The zero-order valence-electron chi connectivity index (χ0n) is 16.2. The van der Waals surface area contributed by atoms with Crippen molar-refractivity contribution >= 4 is 29.9 Å². The Balaban J connectivity index is 0.00000392. The molecule has 0 unspecified atom stereocenters. The lowest BCUT2D eigenvalue weighted by Gasteiger charge is -2.21. The van der Waals surface area contributed by atoms with Crippen LogP contribution in [0.5, 0.6) is 0 Å². The minimum absolute atomic E-state index is 0. The van der Waals surface area contributed by atoms with E-state index in [1.54, 1.807) is 7.05 Å².